The van der Waals surface area contributed by atoms with Gasteiger partial charge in [0.25, 0.3) is 0 Å². The Kier molecular flexibility index (Phi) is 0.908. The number of nitrogens with one attached hydrogen (secondary N) is 1. The minimum Gasteiger partial charge on any atom is -0.311 e. The van der Waals surface area contributed by atoms with E-state index >= 15 is 0 Å². The highest BCUT2D eigenvalue weighted by molar-refractivity contribution is 5.09. The number of allylic oxidation sites excluding steroid dienone is 1. The summed E-state index contributed by atoms with van der Waals surface area (Å²) in [6.45, 7) is 3.39. The fraction of sp³-hybridized carbons (Fsp3) is 0.571. The third-order valence-corrected chi connectivity index (χ3v) is 2.03. The van der Waals surface area contributed by atoms with Crippen LogP contribution >= 0.6 is 0 Å². The second-order valence-corrected chi connectivity index (χ2v) is 2.58. The summed E-state index contributed by atoms with van der Waals surface area (Å²) >= 11 is 0. The molecule has 0 aromatic rings. The van der Waals surface area contributed by atoms with E-state index in [0.29, 0.717) is 0 Å². The van der Waals surface area contributed by atoms with E-state index in [1.54, 1.807) is 0 Å². The van der Waals surface area contributed by atoms with Crippen LogP contribution in [-0.2, 0) is 0 Å². The molecule has 0 amide bonds. The Balaban J connectivity index is 2.13. The van der Waals surface area contributed by atoms with Gasteiger partial charge in [0, 0.05) is 6.54 Å². The van der Waals surface area contributed by atoms with Crippen molar-refractivity contribution in [3.05, 3.63) is 18.7 Å². The van der Waals surface area contributed by atoms with Crippen molar-refractivity contribution in [3.8, 4) is 0 Å². The van der Waals surface area contributed by atoms with Gasteiger partial charge in [-0.1, -0.05) is 12.2 Å². The molecule has 0 saturated carbocycles. The number of fused-ring (bicyclic) bond motifs is 1. The van der Waals surface area contributed by atoms with Crippen molar-refractivity contribution in [2.45, 2.75) is 6.42 Å². The maximum Gasteiger partial charge on any atom is 0.0293 e. The molecule has 0 spiro atoms. The Morgan fingerprint density at radius 1 is 1.50 bits per heavy atom. The molecule has 2 rings (SSSR count). The Hall–Kier alpha value is -0.300. The SMILES string of the molecule is [CH]1NCC2CC=CC12. The lowest BCUT2D eigenvalue weighted by atomic mass is 10.0. The van der Waals surface area contributed by atoms with Crippen LogP contribution in [-0.4, -0.2) is 6.54 Å². The molecular formula is C7H10N. The molecule has 2 unspecified atom stereocenters. The summed E-state index contributed by atoms with van der Waals surface area (Å²) in [6, 6.07) is 0. The third-order valence-electron chi connectivity index (χ3n) is 2.03. The first kappa shape index (κ1) is 4.57. The first-order valence-corrected chi connectivity index (χ1v) is 3.20. The van der Waals surface area contributed by atoms with Crippen LogP contribution in [0, 0.1) is 18.4 Å². The zero-order valence-corrected chi connectivity index (χ0v) is 4.80. The van der Waals surface area contributed by atoms with Crippen molar-refractivity contribution in [1.82, 2.24) is 5.32 Å². The normalized spacial score (nSPS) is 43.0. The highest BCUT2D eigenvalue weighted by atomic mass is 14.9. The van der Waals surface area contributed by atoms with Gasteiger partial charge in [-0.25, -0.2) is 0 Å². The van der Waals surface area contributed by atoms with Gasteiger partial charge >= 0.3 is 0 Å². The van der Waals surface area contributed by atoms with Crippen LogP contribution in [0.5, 0.6) is 0 Å². The fourth-order valence-corrected chi connectivity index (χ4v) is 1.49. The van der Waals surface area contributed by atoms with Gasteiger partial charge in [-0.15, -0.1) is 0 Å². The standard InChI is InChI=1S/C7H10N/c1-2-6-4-8-5-7(6)3-1/h1-2,4,6-8H,3,5H2. The van der Waals surface area contributed by atoms with Crippen LogP contribution in [0.15, 0.2) is 12.2 Å². The summed E-state index contributed by atoms with van der Waals surface area (Å²) in [6.07, 6.45) is 5.87. The Labute approximate surface area is 49.8 Å². The summed E-state index contributed by atoms with van der Waals surface area (Å²) in [4.78, 5) is 0. The lowest BCUT2D eigenvalue weighted by Crippen LogP contribution is -2.05. The summed E-state index contributed by atoms with van der Waals surface area (Å²) in [5, 5.41) is 3.25. The van der Waals surface area contributed by atoms with Crippen LogP contribution in [0.25, 0.3) is 0 Å². The Morgan fingerprint density at radius 3 is 3.38 bits per heavy atom. The first-order chi connectivity index (χ1) is 3.97. The molecule has 1 fully saturated rings. The molecule has 1 radical (unpaired) electrons. The molecule has 0 aromatic carbocycles. The molecular weight excluding hydrogens is 98.1 g/mol. The van der Waals surface area contributed by atoms with Crippen molar-refractivity contribution in [3.63, 3.8) is 0 Å². The van der Waals surface area contributed by atoms with E-state index in [1.807, 2.05) is 0 Å². The molecule has 2 atom stereocenters. The molecule has 1 saturated heterocycles. The van der Waals surface area contributed by atoms with Gasteiger partial charge in [-0.2, -0.15) is 0 Å². The molecule has 0 bridgehead atoms. The maximum absolute atomic E-state index is 3.25. The number of hydrogen-bond donors (Lipinski definition) is 1. The van der Waals surface area contributed by atoms with E-state index < -0.39 is 0 Å². The van der Waals surface area contributed by atoms with Gasteiger partial charge in [0.1, 0.15) is 0 Å². The van der Waals surface area contributed by atoms with Gasteiger partial charge in [0.05, 0.1) is 0 Å². The predicted molar refractivity (Wildman–Crippen MR) is 33.0 cm³/mol. The highest BCUT2D eigenvalue weighted by Crippen LogP contribution is 2.29. The van der Waals surface area contributed by atoms with E-state index in [0.717, 1.165) is 11.8 Å². The minimum absolute atomic E-state index is 0.759. The van der Waals surface area contributed by atoms with Gasteiger partial charge in [-0.3, -0.25) is 0 Å². The zero-order valence-electron chi connectivity index (χ0n) is 4.80. The van der Waals surface area contributed by atoms with Crippen LogP contribution in [0.1, 0.15) is 6.42 Å². The molecule has 1 aliphatic carbocycles. The van der Waals surface area contributed by atoms with Gasteiger partial charge in [0.2, 0.25) is 0 Å². The van der Waals surface area contributed by atoms with Crippen LogP contribution < -0.4 is 5.32 Å². The first-order valence-electron chi connectivity index (χ1n) is 3.20. The summed E-state index contributed by atoms with van der Waals surface area (Å²) in [7, 11) is 0. The summed E-state index contributed by atoms with van der Waals surface area (Å²) in [5.74, 6) is 1.66. The molecule has 1 heterocycles. The minimum atomic E-state index is 0.759. The van der Waals surface area contributed by atoms with E-state index in [1.165, 1.54) is 13.0 Å². The number of rotatable bonds is 0. The van der Waals surface area contributed by atoms with E-state index in [-0.39, 0.29) is 0 Å². The largest absolute Gasteiger partial charge is 0.311 e. The van der Waals surface area contributed by atoms with Crippen molar-refractivity contribution in [2.75, 3.05) is 6.54 Å². The zero-order chi connectivity index (χ0) is 5.40. The highest BCUT2D eigenvalue weighted by Gasteiger charge is 2.27. The lowest BCUT2D eigenvalue weighted by Gasteiger charge is -2.02. The fourth-order valence-electron chi connectivity index (χ4n) is 1.49. The second-order valence-electron chi connectivity index (χ2n) is 2.58. The molecule has 43 valence electrons. The molecule has 1 aliphatic heterocycles. The molecule has 2 aliphatic rings. The Morgan fingerprint density at radius 2 is 2.50 bits per heavy atom. The van der Waals surface area contributed by atoms with Gasteiger partial charge in [0.15, 0.2) is 0 Å². The molecule has 1 nitrogen and oxygen atoms in total. The predicted octanol–water partition coefficient (Wildman–Crippen LogP) is 0.944. The van der Waals surface area contributed by atoms with Crippen LogP contribution in [0.2, 0.25) is 0 Å². The van der Waals surface area contributed by atoms with Gasteiger partial charge < -0.3 is 5.32 Å². The van der Waals surface area contributed by atoms with Crippen molar-refractivity contribution >= 4 is 0 Å². The summed E-state index contributed by atoms with van der Waals surface area (Å²) in [5.41, 5.74) is 0. The summed E-state index contributed by atoms with van der Waals surface area (Å²) < 4.78 is 0. The smallest absolute Gasteiger partial charge is 0.0293 e. The van der Waals surface area contributed by atoms with Crippen LogP contribution in [0.3, 0.4) is 0 Å². The van der Waals surface area contributed by atoms with E-state index in [9.17, 15) is 0 Å². The molecule has 0 aromatic heterocycles. The second kappa shape index (κ2) is 1.59. The van der Waals surface area contributed by atoms with Crippen LogP contribution in [0.4, 0.5) is 0 Å². The molecule has 1 heteroatoms. The quantitative estimate of drug-likeness (QED) is 0.455. The van der Waals surface area contributed by atoms with Crippen molar-refractivity contribution < 1.29 is 0 Å². The lowest BCUT2D eigenvalue weighted by molar-refractivity contribution is 0.547. The number of hydrogen-bond acceptors (Lipinski definition) is 1. The molecule has 1 N–H and O–H groups in total. The average Bonchev–Trinajstić information content (AvgIpc) is 2.15. The molecule has 8 heavy (non-hydrogen) atoms. The van der Waals surface area contributed by atoms with Crippen molar-refractivity contribution in [1.29, 1.82) is 0 Å². The average molecular weight is 108 g/mol. The van der Waals surface area contributed by atoms with E-state index in [4.69, 9.17) is 0 Å². The Bertz CT molecular complexity index is 118. The monoisotopic (exact) mass is 108 g/mol. The van der Waals surface area contributed by atoms with E-state index in [2.05, 4.69) is 24.0 Å². The third kappa shape index (κ3) is 0.511. The topological polar surface area (TPSA) is 12.0 Å². The van der Waals surface area contributed by atoms with Crippen molar-refractivity contribution in [2.24, 2.45) is 11.8 Å². The maximum atomic E-state index is 3.25. The van der Waals surface area contributed by atoms with Gasteiger partial charge in [-0.05, 0) is 24.8 Å².